The molecule has 0 fully saturated rings. The Morgan fingerprint density at radius 3 is 2.37 bits per heavy atom. The number of nitrogens with one attached hydrogen (secondary N) is 1. The summed E-state index contributed by atoms with van der Waals surface area (Å²) in [5.41, 5.74) is 2.63. The van der Waals surface area contributed by atoms with Crippen molar-refractivity contribution in [2.24, 2.45) is 0 Å². The van der Waals surface area contributed by atoms with Gasteiger partial charge in [-0.2, -0.15) is 0 Å². The van der Waals surface area contributed by atoms with Crippen LogP contribution in [0.3, 0.4) is 0 Å². The third kappa shape index (κ3) is 3.79. The van der Waals surface area contributed by atoms with E-state index in [1.54, 1.807) is 12.1 Å². The highest BCUT2D eigenvalue weighted by atomic mass is 35.5. The monoisotopic (exact) mass is 277 g/mol. The summed E-state index contributed by atoms with van der Waals surface area (Å²) in [6, 6.07) is 13.1. The van der Waals surface area contributed by atoms with Crippen molar-refractivity contribution < 1.29 is 4.39 Å². The first-order chi connectivity index (χ1) is 9.06. The van der Waals surface area contributed by atoms with Gasteiger partial charge in [0.05, 0.1) is 0 Å². The van der Waals surface area contributed by atoms with Crippen LogP contribution in [0.4, 0.5) is 4.39 Å². The van der Waals surface area contributed by atoms with Crippen LogP contribution in [0, 0.1) is 5.82 Å². The van der Waals surface area contributed by atoms with E-state index in [-0.39, 0.29) is 5.82 Å². The van der Waals surface area contributed by atoms with Crippen molar-refractivity contribution in [3.8, 4) is 11.1 Å². The number of rotatable bonds is 4. The minimum atomic E-state index is -0.291. The molecular weight excluding hydrogens is 261 g/mol. The summed E-state index contributed by atoms with van der Waals surface area (Å²) in [7, 11) is 0. The van der Waals surface area contributed by atoms with E-state index in [1.807, 2.05) is 24.3 Å². The van der Waals surface area contributed by atoms with Gasteiger partial charge in [-0.1, -0.05) is 49.7 Å². The minimum Gasteiger partial charge on any atom is -0.310 e. The van der Waals surface area contributed by atoms with Crippen LogP contribution in [0.15, 0.2) is 42.5 Å². The van der Waals surface area contributed by atoms with Gasteiger partial charge in [0.15, 0.2) is 0 Å². The Labute approximate surface area is 118 Å². The quantitative estimate of drug-likeness (QED) is 0.858. The second-order valence-electron chi connectivity index (χ2n) is 4.86. The Morgan fingerprint density at radius 1 is 1.11 bits per heavy atom. The first-order valence-corrected chi connectivity index (χ1v) is 6.72. The molecule has 0 aliphatic carbocycles. The molecule has 1 nitrogen and oxygen atoms in total. The standard InChI is InChI=1S/C16H17ClFN/c1-11(2)19-10-12-3-5-13(6-4-12)15-8-7-14(17)9-16(15)18/h3-9,11,19H,10H2,1-2H3. The molecule has 0 saturated heterocycles. The first-order valence-electron chi connectivity index (χ1n) is 6.34. The fourth-order valence-electron chi connectivity index (χ4n) is 1.85. The molecule has 0 aromatic heterocycles. The van der Waals surface area contributed by atoms with Crippen LogP contribution in [0.2, 0.25) is 5.02 Å². The molecule has 3 heteroatoms. The Kier molecular flexibility index (Phi) is 4.56. The SMILES string of the molecule is CC(C)NCc1ccc(-c2ccc(Cl)cc2F)cc1. The summed E-state index contributed by atoms with van der Waals surface area (Å²) in [5, 5.41) is 3.76. The van der Waals surface area contributed by atoms with Crippen molar-refractivity contribution >= 4 is 11.6 Å². The summed E-state index contributed by atoms with van der Waals surface area (Å²) in [4.78, 5) is 0. The van der Waals surface area contributed by atoms with Gasteiger partial charge in [-0.3, -0.25) is 0 Å². The van der Waals surface area contributed by atoms with Crippen molar-refractivity contribution in [2.45, 2.75) is 26.4 Å². The Bertz CT molecular complexity index is 549. The fourth-order valence-corrected chi connectivity index (χ4v) is 2.01. The van der Waals surface area contributed by atoms with Gasteiger partial charge in [0.25, 0.3) is 0 Å². The molecule has 0 aliphatic heterocycles. The molecule has 2 rings (SSSR count). The predicted octanol–water partition coefficient (Wildman–Crippen LogP) is 4.64. The summed E-state index contributed by atoms with van der Waals surface area (Å²) >= 11 is 5.75. The molecule has 2 aromatic rings. The second kappa shape index (κ2) is 6.18. The average molecular weight is 278 g/mol. The summed E-state index contributed by atoms with van der Waals surface area (Å²) in [6.45, 7) is 5.04. The lowest BCUT2D eigenvalue weighted by Gasteiger charge is -2.09. The highest BCUT2D eigenvalue weighted by Gasteiger charge is 2.05. The van der Waals surface area contributed by atoms with Gasteiger partial charge in [-0.15, -0.1) is 0 Å². The largest absolute Gasteiger partial charge is 0.310 e. The smallest absolute Gasteiger partial charge is 0.132 e. The molecule has 2 aromatic carbocycles. The van der Waals surface area contributed by atoms with Crippen LogP contribution in [-0.2, 0) is 6.54 Å². The first kappa shape index (κ1) is 14.0. The highest BCUT2D eigenvalue weighted by molar-refractivity contribution is 6.30. The summed E-state index contributed by atoms with van der Waals surface area (Å²) < 4.78 is 13.8. The average Bonchev–Trinajstić information content (AvgIpc) is 2.37. The number of halogens is 2. The molecule has 19 heavy (non-hydrogen) atoms. The third-order valence-electron chi connectivity index (χ3n) is 2.91. The third-order valence-corrected chi connectivity index (χ3v) is 3.15. The molecule has 0 atom stereocenters. The van der Waals surface area contributed by atoms with E-state index in [0.717, 1.165) is 12.1 Å². The predicted molar refractivity (Wildman–Crippen MR) is 78.8 cm³/mol. The van der Waals surface area contributed by atoms with Crippen LogP contribution in [0.25, 0.3) is 11.1 Å². The van der Waals surface area contributed by atoms with E-state index >= 15 is 0 Å². The van der Waals surface area contributed by atoms with Gasteiger partial charge in [-0.05, 0) is 29.3 Å². The van der Waals surface area contributed by atoms with Crippen LogP contribution in [0.1, 0.15) is 19.4 Å². The van der Waals surface area contributed by atoms with Gasteiger partial charge in [0, 0.05) is 23.2 Å². The van der Waals surface area contributed by atoms with Gasteiger partial charge in [0.2, 0.25) is 0 Å². The van der Waals surface area contributed by atoms with Crippen LogP contribution in [-0.4, -0.2) is 6.04 Å². The molecule has 0 aliphatic rings. The van der Waals surface area contributed by atoms with Gasteiger partial charge >= 0.3 is 0 Å². The molecule has 1 N–H and O–H groups in total. The van der Waals surface area contributed by atoms with E-state index < -0.39 is 0 Å². The molecule has 100 valence electrons. The van der Waals surface area contributed by atoms with Crippen LogP contribution in [0.5, 0.6) is 0 Å². The van der Waals surface area contributed by atoms with Crippen molar-refractivity contribution in [2.75, 3.05) is 0 Å². The van der Waals surface area contributed by atoms with Crippen molar-refractivity contribution in [3.05, 3.63) is 58.9 Å². The number of hydrogen-bond donors (Lipinski definition) is 1. The lowest BCUT2D eigenvalue weighted by Crippen LogP contribution is -2.21. The molecule has 0 saturated carbocycles. The van der Waals surface area contributed by atoms with Crippen LogP contribution < -0.4 is 5.32 Å². The van der Waals surface area contributed by atoms with Crippen molar-refractivity contribution in [1.82, 2.24) is 5.32 Å². The number of hydrogen-bond acceptors (Lipinski definition) is 1. The second-order valence-corrected chi connectivity index (χ2v) is 5.29. The molecule has 0 bridgehead atoms. The molecular formula is C16H17ClFN. The van der Waals surface area contributed by atoms with Crippen LogP contribution >= 0.6 is 11.6 Å². The maximum atomic E-state index is 13.8. The van der Waals surface area contributed by atoms with Crippen molar-refractivity contribution in [3.63, 3.8) is 0 Å². The topological polar surface area (TPSA) is 12.0 Å². The van der Waals surface area contributed by atoms with Gasteiger partial charge < -0.3 is 5.32 Å². The Hall–Kier alpha value is -1.38. The minimum absolute atomic E-state index is 0.291. The highest BCUT2D eigenvalue weighted by Crippen LogP contribution is 2.25. The summed E-state index contributed by atoms with van der Waals surface area (Å²) in [6.07, 6.45) is 0. The van der Waals surface area contributed by atoms with E-state index in [9.17, 15) is 4.39 Å². The lowest BCUT2D eigenvalue weighted by atomic mass is 10.0. The Balaban J connectivity index is 2.18. The molecule has 0 amide bonds. The zero-order valence-electron chi connectivity index (χ0n) is 11.1. The van der Waals surface area contributed by atoms with Crippen molar-refractivity contribution in [1.29, 1.82) is 0 Å². The lowest BCUT2D eigenvalue weighted by molar-refractivity contribution is 0.589. The Morgan fingerprint density at radius 2 is 1.79 bits per heavy atom. The zero-order valence-corrected chi connectivity index (χ0v) is 11.8. The summed E-state index contributed by atoms with van der Waals surface area (Å²) in [5.74, 6) is -0.291. The fraction of sp³-hybridized carbons (Fsp3) is 0.250. The van der Waals surface area contributed by atoms with E-state index in [2.05, 4.69) is 19.2 Å². The van der Waals surface area contributed by atoms with Gasteiger partial charge in [0.1, 0.15) is 5.82 Å². The van der Waals surface area contributed by atoms with E-state index in [1.165, 1.54) is 11.6 Å². The molecule has 0 radical (unpaired) electrons. The van der Waals surface area contributed by atoms with Gasteiger partial charge in [-0.25, -0.2) is 4.39 Å². The zero-order chi connectivity index (χ0) is 13.8. The van der Waals surface area contributed by atoms with E-state index in [4.69, 9.17) is 11.6 Å². The maximum absolute atomic E-state index is 13.8. The molecule has 0 spiro atoms. The maximum Gasteiger partial charge on any atom is 0.132 e. The normalized spacial score (nSPS) is 11.0. The van der Waals surface area contributed by atoms with E-state index in [0.29, 0.717) is 16.6 Å². The number of benzene rings is 2. The molecule has 0 unspecified atom stereocenters. The molecule has 0 heterocycles.